The van der Waals surface area contributed by atoms with E-state index >= 15 is 0 Å². The summed E-state index contributed by atoms with van der Waals surface area (Å²) >= 11 is 0. The Labute approximate surface area is 156 Å². The minimum atomic E-state index is 0.265. The Morgan fingerprint density at radius 1 is 1.23 bits per heavy atom. The number of nitrogens with zero attached hydrogens (tertiary/aromatic N) is 2. The summed E-state index contributed by atoms with van der Waals surface area (Å²) in [4.78, 5) is 17.5. The molecule has 142 valence electrons. The number of morpholine rings is 1. The molecule has 3 heterocycles. The van der Waals surface area contributed by atoms with Crippen LogP contribution in [0.4, 0.5) is 0 Å². The molecule has 0 bridgehead atoms. The van der Waals surface area contributed by atoms with Crippen LogP contribution in [0.15, 0.2) is 18.2 Å². The van der Waals surface area contributed by atoms with Gasteiger partial charge < -0.3 is 14.4 Å². The molecule has 26 heavy (non-hydrogen) atoms. The SMILES string of the molecule is C[C@@H]1CN(C[C@H]2CCCN2C(=O)Cc2ccc3c(c2)CCO3)C[C@@H](C)O1. The fourth-order valence-corrected chi connectivity index (χ4v) is 4.71. The van der Waals surface area contributed by atoms with Crippen LogP contribution < -0.4 is 4.74 Å². The third kappa shape index (κ3) is 3.89. The van der Waals surface area contributed by atoms with Crippen molar-refractivity contribution in [2.45, 2.75) is 57.8 Å². The minimum absolute atomic E-state index is 0.265. The van der Waals surface area contributed by atoms with Crippen LogP contribution in [0.2, 0.25) is 0 Å². The Kier molecular flexibility index (Phi) is 5.18. The number of carbonyl (C=O) groups excluding carboxylic acids is 1. The van der Waals surface area contributed by atoms with Crippen molar-refractivity contribution >= 4 is 5.91 Å². The molecule has 0 unspecified atom stereocenters. The van der Waals surface area contributed by atoms with Crippen LogP contribution in [0.25, 0.3) is 0 Å². The van der Waals surface area contributed by atoms with Crippen molar-refractivity contribution in [2.75, 3.05) is 32.8 Å². The molecule has 3 aliphatic heterocycles. The highest BCUT2D eigenvalue weighted by Crippen LogP contribution is 2.27. The van der Waals surface area contributed by atoms with E-state index in [1.807, 2.05) is 12.1 Å². The lowest BCUT2D eigenvalue weighted by atomic mass is 10.1. The van der Waals surface area contributed by atoms with Crippen molar-refractivity contribution in [3.05, 3.63) is 29.3 Å². The van der Waals surface area contributed by atoms with Gasteiger partial charge in [0.05, 0.1) is 25.2 Å². The van der Waals surface area contributed by atoms with Crippen molar-refractivity contribution < 1.29 is 14.3 Å². The Morgan fingerprint density at radius 3 is 2.85 bits per heavy atom. The number of benzene rings is 1. The highest BCUT2D eigenvalue weighted by Gasteiger charge is 2.32. The van der Waals surface area contributed by atoms with Gasteiger partial charge in [-0.1, -0.05) is 12.1 Å². The topological polar surface area (TPSA) is 42.0 Å². The van der Waals surface area contributed by atoms with Gasteiger partial charge in [-0.25, -0.2) is 0 Å². The van der Waals surface area contributed by atoms with Crippen LogP contribution in [0.1, 0.15) is 37.8 Å². The first-order valence-electron chi connectivity index (χ1n) is 10.0. The van der Waals surface area contributed by atoms with E-state index in [0.717, 1.165) is 63.4 Å². The quantitative estimate of drug-likeness (QED) is 0.828. The zero-order chi connectivity index (χ0) is 18.1. The highest BCUT2D eigenvalue weighted by atomic mass is 16.5. The lowest BCUT2D eigenvalue weighted by Gasteiger charge is -2.38. The van der Waals surface area contributed by atoms with Gasteiger partial charge in [0.2, 0.25) is 5.91 Å². The van der Waals surface area contributed by atoms with Gasteiger partial charge in [0, 0.05) is 38.6 Å². The molecule has 3 atom stereocenters. The van der Waals surface area contributed by atoms with Crippen LogP contribution in [0, 0.1) is 0 Å². The average molecular weight is 358 g/mol. The second kappa shape index (κ2) is 7.57. The molecule has 0 spiro atoms. The Hall–Kier alpha value is -1.59. The van der Waals surface area contributed by atoms with Crippen LogP contribution in [-0.4, -0.2) is 66.7 Å². The lowest BCUT2D eigenvalue weighted by Crippen LogP contribution is -2.51. The maximum absolute atomic E-state index is 12.9. The molecule has 0 radical (unpaired) electrons. The molecule has 5 heteroatoms. The van der Waals surface area contributed by atoms with Crippen LogP contribution >= 0.6 is 0 Å². The summed E-state index contributed by atoms with van der Waals surface area (Å²) in [6, 6.07) is 6.55. The maximum atomic E-state index is 12.9. The van der Waals surface area contributed by atoms with E-state index in [2.05, 4.69) is 29.7 Å². The molecule has 1 aromatic carbocycles. The molecule has 3 aliphatic rings. The molecule has 1 aromatic rings. The van der Waals surface area contributed by atoms with E-state index in [9.17, 15) is 4.79 Å². The molecular weight excluding hydrogens is 328 g/mol. The summed E-state index contributed by atoms with van der Waals surface area (Å²) in [5.41, 5.74) is 2.35. The fourth-order valence-electron chi connectivity index (χ4n) is 4.71. The highest BCUT2D eigenvalue weighted by molar-refractivity contribution is 5.79. The molecule has 0 aliphatic carbocycles. The number of hydrogen-bond acceptors (Lipinski definition) is 4. The van der Waals surface area contributed by atoms with E-state index in [1.54, 1.807) is 0 Å². The normalized spacial score (nSPS) is 28.8. The molecule has 0 aromatic heterocycles. The van der Waals surface area contributed by atoms with Crippen molar-refractivity contribution in [1.29, 1.82) is 0 Å². The number of rotatable bonds is 4. The van der Waals surface area contributed by atoms with Gasteiger partial charge in [-0.3, -0.25) is 9.69 Å². The van der Waals surface area contributed by atoms with Gasteiger partial charge in [0.1, 0.15) is 5.75 Å². The third-order valence-corrected chi connectivity index (χ3v) is 5.77. The summed E-state index contributed by atoms with van der Waals surface area (Å²) in [7, 11) is 0. The summed E-state index contributed by atoms with van der Waals surface area (Å²) < 4.78 is 11.4. The molecule has 5 nitrogen and oxygen atoms in total. The summed E-state index contributed by atoms with van der Waals surface area (Å²) in [5.74, 6) is 1.25. The molecule has 2 saturated heterocycles. The summed E-state index contributed by atoms with van der Waals surface area (Å²) in [6.45, 7) is 8.84. The first-order valence-corrected chi connectivity index (χ1v) is 10.0. The zero-order valence-electron chi connectivity index (χ0n) is 15.9. The first kappa shape index (κ1) is 17.8. The number of carbonyl (C=O) groups is 1. The monoisotopic (exact) mass is 358 g/mol. The fraction of sp³-hybridized carbons (Fsp3) is 0.667. The largest absolute Gasteiger partial charge is 0.493 e. The van der Waals surface area contributed by atoms with Gasteiger partial charge in [0.15, 0.2) is 0 Å². The molecule has 2 fully saturated rings. The van der Waals surface area contributed by atoms with E-state index in [-0.39, 0.29) is 18.1 Å². The van der Waals surface area contributed by atoms with Crippen molar-refractivity contribution in [1.82, 2.24) is 9.80 Å². The molecule has 1 amide bonds. The predicted molar refractivity (Wildman–Crippen MR) is 101 cm³/mol. The van der Waals surface area contributed by atoms with E-state index in [0.29, 0.717) is 12.5 Å². The molecular formula is C21H30N2O3. The van der Waals surface area contributed by atoms with Crippen molar-refractivity contribution in [3.8, 4) is 5.75 Å². The number of likely N-dealkylation sites (tertiary alicyclic amines) is 1. The summed E-state index contributed by atoms with van der Waals surface area (Å²) in [6.07, 6.45) is 4.24. The van der Waals surface area contributed by atoms with Gasteiger partial charge in [0.25, 0.3) is 0 Å². The van der Waals surface area contributed by atoms with E-state index in [1.165, 1.54) is 5.56 Å². The Bertz CT molecular complexity index is 653. The molecule has 0 saturated carbocycles. The van der Waals surface area contributed by atoms with Crippen LogP contribution in [-0.2, 0) is 22.4 Å². The lowest BCUT2D eigenvalue weighted by molar-refractivity contribution is -0.132. The summed E-state index contributed by atoms with van der Waals surface area (Å²) in [5, 5.41) is 0. The average Bonchev–Trinajstić information content (AvgIpc) is 3.22. The van der Waals surface area contributed by atoms with Gasteiger partial charge >= 0.3 is 0 Å². The second-order valence-corrected chi connectivity index (χ2v) is 8.08. The number of fused-ring (bicyclic) bond motifs is 1. The number of amides is 1. The smallest absolute Gasteiger partial charge is 0.227 e. The van der Waals surface area contributed by atoms with E-state index < -0.39 is 0 Å². The second-order valence-electron chi connectivity index (χ2n) is 8.08. The Balaban J connectivity index is 1.37. The zero-order valence-corrected chi connectivity index (χ0v) is 15.9. The third-order valence-electron chi connectivity index (χ3n) is 5.77. The predicted octanol–water partition coefficient (Wildman–Crippen LogP) is 2.26. The maximum Gasteiger partial charge on any atom is 0.227 e. The van der Waals surface area contributed by atoms with Crippen molar-refractivity contribution in [3.63, 3.8) is 0 Å². The van der Waals surface area contributed by atoms with Crippen LogP contribution in [0.3, 0.4) is 0 Å². The first-order chi connectivity index (χ1) is 12.6. The molecule has 4 rings (SSSR count). The number of hydrogen-bond donors (Lipinski definition) is 0. The van der Waals surface area contributed by atoms with Gasteiger partial charge in [-0.05, 0) is 43.9 Å². The minimum Gasteiger partial charge on any atom is -0.493 e. The standard InChI is InChI=1S/C21H30N2O3/c1-15-12-22(13-16(2)26-15)14-19-4-3-8-23(19)21(24)11-17-5-6-20-18(10-17)7-9-25-20/h5-6,10,15-16,19H,3-4,7-9,11-14H2,1-2H3/t15-,16-,19-/m1/s1. The van der Waals surface area contributed by atoms with Crippen molar-refractivity contribution in [2.24, 2.45) is 0 Å². The van der Waals surface area contributed by atoms with Crippen LogP contribution in [0.5, 0.6) is 5.75 Å². The molecule has 0 N–H and O–H groups in total. The number of ether oxygens (including phenoxy) is 2. The van der Waals surface area contributed by atoms with Gasteiger partial charge in [-0.2, -0.15) is 0 Å². The Morgan fingerprint density at radius 2 is 2.04 bits per heavy atom. The van der Waals surface area contributed by atoms with E-state index in [4.69, 9.17) is 9.47 Å². The van der Waals surface area contributed by atoms with Gasteiger partial charge in [-0.15, -0.1) is 0 Å².